The Hall–Kier alpha value is -1.84. The van der Waals surface area contributed by atoms with E-state index in [1.54, 1.807) is 9.80 Å². The van der Waals surface area contributed by atoms with Crippen LogP contribution in [-0.4, -0.2) is 35.8 Å². The smallest absolute Gasteiger partial charge is 0.232 e. The number of carbonyl (C=O) groups excluding carboxylic acids is 2. The number of nitrogens with zero attached hydrogens (tertiary/aromatic N) is 2. The van der Waals surface area contributed by atoms with E-state index in [-0.39, 0.29) is 23.8 Å². The zero-order valence-electron chi connectivity index (χ0n) is 13.3. The molecule has 0 radical (unpaired) electrons. The van der Waals surface area contributed by atoms with Gasteiger partial charge in [-0.15, -0.1) is 0 Å². The molecule has 4 nitrogen and oxygen atoms in total. The van der Waals surface area contributed by atoms with Crippen LogP contribution in [-0.2, 0) is 9.59 Å². The highest BCUT2D eigenvalue weighted by Gasteiger charge is 2.37. The number of hydrogen-bond donors (Lipinski definition) is 0. The number of benzene rings is 1. The summed E-state index contributed by atoms with van der Waals surface area (Å²) in [4.78, 5) is 28.4. The topological polar surface area (TPSA) is 40.6 Å². The van der Waals surface area contributed by atoms with Gasteiger partial charge in [0.05, 0.1) is 5.92 Å². The summed E-state index contributed by atoms with van der Waals surface area (Å²) in [6.45, 7) is 9.12. The molecule has 1 fully saturated rings. The van der Waals surface area contributed by atoms with Crippen LogP contribution in [0.5, 0.6) is 0 Å². The summed E-state index contributed by atoms with van der Waals surface area (Å²) >= 11 is 0. The standard InChI is InChI=1S/C17H24N2O2/c1-5-18(15-9-7-6-8-13(15)4)17(21)14-10-16(20)19(11-14)12(2)3/h6-9,12,14H,5,10-11H2,1-4H3/t14-/m1/s1. The van der Waals surface area contributed by atoms with Crippen molar-refractivity contribution in [1.82, 2.24) is 4.90 Å². The number of amides is 2. The molecule has 0 bridgehead atoms. The molecule has 1 aliphatic heterocycles. The van der Waals surface area contributed by atoms with Gasteiger partial charge in [0.25, 0.3) is 0 Å². The van der Waals surface area contributed by atoms with Crippen LogP contribution in [0.4, 0.5) is 5.69 Å². The predicted octanol–water partition coefficient (Wildman–Crippen LogP) is 2.60. The van der Waals surface area contributed by atoms with Crippen LogP contribution in [0.15, 0.2) is 24.3 Å². The Morgan fingerprint density at radius 2 is 2.05 bits per heavy atom. The molecule has 2 amide bonds. The van der Waals surface area contributed by atoms with E-state index in [2.05, 4.69) is 0 Å². The monoisotopic (exact) mass is 288 g/mol. The Balaban J connectivity index is 2.19. The first-order valence-electron chi connectivity index (χ1n) is 7.62. The van der Waals surface area contributed by atoms with Gasteiger partial charge in [-0.05, 0) is 39.3 Å². The van der Waals surface area contributed by atoms with E-state index in [0.717, 1.165) is 11.3 Å². The van der Waals surface area contributed by atoms with Crippen molar-refractivity contribution in [3.05, 3.63) is 29.8 Å². The fourth-order valence-electron chi connectivity index (χ4n) is 2.93. The largest absolute Gasteiger partial charge is 0.339 e. The van der Waals surface area contributed by atoms with Crippen LogP contribution >= 0.6 is 0 Å². The molecule has 1 aromatic rings. The summed E-state index contributed by atoms with van der Waals surface area (Å²) in [7, 11) is 0. The van der Waals surface area contributed by atoms with Gasteiger partial charge < -0.3 is 9.80 Å². The summed E-state index contributed by atoms with van der Waals surface area (Å²) in [5.74, 6) is -0.0769. The third kappa shape index (κ3) is 3.09. The van der Waals surface area contributed by atoms with Crippen molar-refractivity contribution < 1.29 is 9.59 Å². The highest BCUT2D eigenvalue weighted by molar-refractivity contribution is 5.99. The second-order valence-corrected chi connectivity index (χ2v) is 5.91. The van der Waals surface area contributed by atoms with Crippen LogP contribution in [0.1, 0.15) is 32.8 Å². The van der Waals surface area contributed by atoms with E-state index in [9.17, 15) is 9.59 Å². The lowest BCUT2D eigenvalue weighted by Crippen LogP contribution is -2.38. The van der Waals surface area contributed by atoms with E-state index in [1.165, 1.54) is 0 Å². The zero-order valence-corrected chi connectivity index (χ0v) is 13.3. The molecule has 0 spiro atoms. The van der Waals surface area contributed by atoms with Crippen molar-refractivity contribution in [3.8, 4) is 0 Å². The van der Waals surface area contributed by atoms with Gasteiger partial charge in [0.15, 0.2) is 0 Å². The molecule has 1 aromatic carbocycles. The molecule has 0 N–H and O–H groups in total. The second kappa shape index (κ2) is 6.29. The molecule has 4 heteroatoms. The number of para-hydroxylation sites is 1. The van der Waals surface area contributed by atoms with Crippen molar-refractivity contribution >= 4 is 17.5 Å². The summed E-state index contributed by atoms with van der Waals surface area (Å²) < 4.78 is 0. The quantitative estimate of drug-likeness (QED) is 0.854. The van der Waals surface area contributed by atoms with Gasteiger partial charge in [-0.1, -0.05) is 18.2 Å². The molecule has 21 heavy (non-hydrogen) atoms. The lowest BCUT2D eigenvalue weighted by Gasteiger charge is -2.26. The molecule has 114 valence electrons. The number of likely N-dealkylation sites (tertiary alicyclic amines) is 1. The first kappa shape index (κ1) is 15.5. The third-order valence-electron chi connectivity index (χ3n) is 4.12. The molecule has 2 rings (SSSR count). The minimum Gasteiger partial charge on any atom is -0.339 e. The average molecular weight is 288 g/mol. The Morgan fingerprint density at radius 1 is 1.38 bits per heavy atom. The highest BCUT2D eigenvalue weighted by Crippen LogP contribution is 2.26. The molecule has 0 aromatic heterocycles. The zero-order chi connectivity index (χ0) is 15.6. The van der Waals surface area contributed by atoms with Crippen molar-refractivity contribution in [2.75, 3.05) is 18.0 Å². The maximum absolute atomic E-state index is 12.8. The highest BCUT2D eigenvalue weighted by atomic mass is 16.2. The van der Waals surface area contributed by atoms with Gasteiger partial charge in [0.1, 0.15) is 0 Å². The number of aryl methyl sites for hydroxylation is 1. The van der Waals surface area contributed by atoms with E-state index < -0.39 is 0 Å². The van der Waals surface area contributed by atoms with Gasteiger partial charge in [0.2, 0.25) is 11.8 Å². The molecule has 0 saturated carbocycles. The van der Waals surface area contributed by atoms with Crippen molar-refractivity contribution in [1.29, 1.82) is 0 Å². The Bertz CT molecular complexity index is 539. The van der Waals surface area contributed by atoms with E-state index in [0.29, 0.717) is 19.5 Å². The summed E-state index contributed by atoms with van der Waals surface area (Å²) in [5, 5.41) is 0. The maximum Gasteiger partial charge on any atom is 0.232 e. The van der Waals surface area contributed by atoms with Gasteiger partial charge in [-0.2, -0.15) is 0 Å². The SMILES string of the molecule is CCN(C(=O)[C@@H]1CC(=O)N(C(C)C)C1)c1ccccc1C. The number of anilines is 1. The third-order valence-corrected chi connectivity index (χ3v) is 4.12. The molecule has 0 unspecified atom stereocenters. The van der Waals surface area contributed by atoms with Crippen molar-refractivity contribution in [2.24, 2.45) is 5.92 Å². The molecule has 1 heterocycles. The number of hydrogen-bond acceptors (Lipinski definition) is 2. The molecule has 1 aliphatic rings. The Kier molecular flexibility index (Phi) is 4.66. The minimum absolute atomic E-state index is 0.0586. The Labute approximate surface area is 126 Å². The first-order valence-corrected chi connectivity index (χ1v) is 7.62. The summed E-state index contributed by atoms with van der Waals surface area (Å²) in [6, 6.07) is 8.04. The van der Waals surface area contributed by atoms with Crippen LogP contribution in [0.25, 0.3) is 0 Å². The average Bonchev–Trinajstić information content (AvgIpc) is 2.84. The van der Waals surface area contributed by atoms with Crippen LogP contribution < -0.4 is 4.90 Å². The molecule has 1 saturated heterocycles. The fraction of sp³-hybridized carbons (Fsp3) is 0.529. The first-order chi connectivity index (χ1) is 9.95. The van der Waals surface area contributed by atoms with Gasteiger partial charge in [-0.3, -0.25) is 9.59 Å². The lowest BCUT2D eigenvalue weighted by atomic mass is 10.1. The lowest BCUT2D eigenvalue weighted by molar-refractivity contribution is -0.129. The molecular weight excluding hydrogens is 264 g/mol. The van der Waals surface area contributed by atoms with Crippen molar-refractivity contribution in [2.45, 2.75) is 40.2 Å². The van der Waals surface area contributed by atoms with Crippen LogP contribution in [0, 0.1) is 12.8 Å². The summed E-state index contributed by atoms with van der Waals surface area (Å²) in [6.07, 6.45) is 0.333. The van der Waals surface area contributed by atoms with Gasteiger partial charge >= 0.3 is 0 Å². The van der Waals surface area contributed by atoms with Crippen molar-refractivity contribution in [3.63, 3.8) is 0 Å². The summed E-state index contributed by atoms with van der Waals surface area (Å²) in [5.41, 5.74) is 2.03. The molecular formula is C17H24N2O2. The Morgan fingerprint density at radius 3 is 2.57 bits per heavy atom. The number of rotatable bonds is 4. The van der Waals surface area contributed by atoms with E-state index >= 15 is 0 Å². The van der Waals surface area contributed by atoms with E-state index in [4.69, 9.17) is 0 Å². The molecule has 0 aliphatic carbocycles. The number of carbonyl (C=O) groups is 2. The van der Waals surface area contributed by atoms with E-state index in [1.807, 2.05) is 52.0 Å². The minimum atomic E-state index is -0.223. The van der Waals surface area contributed by atoms with Crippen LogP contribution in [0.3, 0.4) is 0 Å². The normalized spacial score (nSPS) is 18.4. The predicted molar refractivity (Wildman–Crippen MR) is 84.2 cm³/mol. The second-order valence-electron chi connectivity index (χ2n) is 5.91. The fourth-order valence-corrected chi connectivity index (χ4v) is 2.93. The van der Waals surface area contributed by atoms with Crippen LogP contribution in [0.2, 0.25) is 0 Å². The molecule has 1 atom stereocenters. The van der Waals surface area contributed by atoms with Gasteiger partial charge in [-0.25, -0.2) is 0 Å². The maximum atomic E-state index is 12.8. The van der Waals surface area contributed by atoms with Gasteiger partial charge in [0, 0.05) is 31.2 Å².